The standard InChI is InChI=1S/C18H18N6O2S2/c25-15(23-5-7-24(8-6-23)17-19-3-1-4-20-17)10-14-12-28-18(21-14)22-16(26)13-2-9-27-11-13/h1-4,9,11-12H,5-8,10H2,(H,21,22,26). The maximum absolute atomic E-state index is 12.6. The molecule has 1 aliphatic heterocycles. The van der Waals surface area contributed by atoms with Gasteiger partial charge in [0.25, 0.3) is 5.91 Å². The fraction of sp³-hybridized carbons (Fsp3) is 0.278. The molecule has 0 radical (unpaired) electrons. The van der Waals surface area contributed by atoms with Gasteiger partial charge in [0.05, 0.1) is 17.7 Å². The van der Waals surface area contributed by atoms with Gasteiger partial charge in [-0.05, 0) is 17.5 Å². The van der Waals surface area contributed by atoms with Crippen molar-refractivity contribution in [1.82, 2.24) is 19.9 Å². The van der Waals surface area contributed by atoms with Crippen molar-refractivity contribution >= 4 is 45.6 Å². The summed E-state index contributed by atoms with van der Waals surface area (Å²) in [5, 5.41) is 8.73. The van der Waals surface area contributed by atoms with E-state index in [2.05, 4.69) is 25.2 Å². The fourth-order valence-corrected chi connectivity index (χ4v) is 4.23. The molecule has 28 heavy (non-hydrogen) atoms. The van der Waals surface area contributed by atoms with Gasteiger partial charge in [0, 0.05) is 49.3 Å². The molecule has 0 aliphatic carbocycles. The Morgan fingerprint density at radius 1 is 1.11 bits per heavy atom. The van der Waals surface area contributed by atoms with Gasteiger partial charge in [-0.15, -0.1) is 11.3 Å². The lowest BCUT2D eigenvalue weighted by Gasteiger charge is -2.34. The quantitative estimate of drug-likeness (QED) is 0.688. The van der Waals surface area contributed by atoms with E-state index in [9.17, 15) is 9.59 Å². The van der Waals surface area contributed by atoms with Crippen LogP contribution in [0.5, 0.6) is 0 Å². The second-order valence-electron chi connectivity index (χ2n) is 6.20. The Balaban J connectivity index is 1.29. The Labute approximate surface area is 169 Å². The second-order valence-corrected chi connectivity index (χ2v) is 7.84. The summed E-state index contributed by atoms with van der Waals surface area (Å²) < 4.78 is 0. The van der Waals surface area contributed by atoms with E-state index in [1.165, 1.54) is 22.7 Å². The minimum atomic E-state index is -0.187. The number of carbonyl (C=O) groups excluding carboxylic acids is 2. The molecule has 2 amide bonds. The third kappa shape index (κ3) is 4.34. The first kappa shape index (κ1) is 18.5. The second kappa shape index (κ2) is 8.44. The van der Waals surface area contributed by atoms with Crippen molar-refractivity contribution in [1.29, 1.82) is 0 Å². The summed E-state index contributed by atoms with van der Waals surface area (Å²) in [5.41, 5.74) is 1.28. The zero-order valence-electron chi connectivity index (χ0n) is 14.9. The molecule has 3 aromatic heterocycles. The van der Waals surface area contributed by atoms with Crippen LogP contribution in [-0.4, -0.2) is 57.8 Å². The molecule has 144 valence electrons. The molecule has 1 aliphatic rings. The summed E-state index contributed by atoms with van der Waals surface area (Å²) in [5.74, 6) is 0.544. The van der Waals surface area contributed by atoms with Crippen molar-refractivity contribution in [3.63, 3.8) is 0 Å². The highest BCUT2D eigenvalue weighted by molar-refractivity contribution is 7.14. The number of hydrogen-bond donors (Lipinski definition) is 1. The van der Waals surface area contributed by atoms with Crippen LogP contribution in [0.3, 0.4) is 0 Å². The Morgan fingerprint density at radius 3 is 2.61 bits per heavy atom. The maximum Gasteiger partial charge on any atom is 0.258 e. The van der Waals surface area contributed by atoms with Crippen LogP contribution in [0.2, 0.25) is 0 Å². The summed E-state index contributed by atoms with van der Waals surface area (Å²) in [4.78, 5) is 41.4. The summed E-state index contributed by atoms with van der Waals surface area (Å²) in [6.45, 7) is 2.66. The van der Waals surface area contributed by atoms with Crippen molar-refractivity contribution in [2.24, 2.45) is 0 Å². The minimum Gasteiger partial charge on any atom is -0.339 e. The molecule has 0 unspecified atom stereocenters. The van der Waals surface area contributed by atoms with Gasteiger partial charge in [0.15, 0.2) is 5.13 Å². The topological polar surface area (TPSA) is 91.3 Å². The largest absolute Gasteiger partial charge is 0.339 e. The molecule has 0 atom stereocenters. The summed E-state index contributed by atoms with van der Waals surface area (Å²) >= 11 is 2.79. The maximum atomic E-state index is 12.6. The highest BCUT2D eigenvalue weighted by Gasteiger charge is 2.23. The summed E-state index contributed by atoms with van der Waals surface area (Å²) in [6.07, 6.45) is 3.67. The predicted octanol–water partition coefficient (Wildman–Crippen LogP) is 2.14. The molecular formula is C18H18N6O2S2. The number of nitrogens with one attached hydrogen (secondary N) is 1. The summed E-state index contributed by atoms with van der Waals surface area (Å²) in [6, 6.07) is 3.55. The molecule has 10 heteroatoms. The van der Waals surface area contributed by atoms with Crippen molar-refractivity contribution in [3.8, 4) is 0 Å². The van der Waals surface area contributed by atoms with Crippen LogP contribution in [-0.2, 0) is 11.2 Å². The number of anilines is 2. The molecule has 1 fully saturated rings. The Hall–Kier alpha value is -2.85. The first-order chi connectivity index (χ1) is 13.7. The van der Waals surface area contributed by atoms with Crippen LogP contribution >= 0.6 is 22.7 Å². The first-order valence-electron chi connectivity index (χ1n) is 8.77. The molecule has 0 bridgehead atoms. The number of aromatic nitrogens is 3. The molecule has 8 nitrogen and oxygen atoms in total. The van der Waals surface area contributed by atoms with Crippen molar-refractivity contribution in [2.45, 2.75) is 6.42 Å². The van der Waals surface area contributed by atoms with E-state index in [4.69, 9.17) is 0 Å². The number of piperazine rings is 1. The Bertz CT molecular complexity index is 936. The van der Waals surface area contributed by atoms with Crippen LogP contribution in [0.25, 0.3) is 0 Å². The molecule has 1 saturated heterocycles. The molecule has 4 rings (SSSR count). The number of thiophene rings is 1. The highest BCUT2D eigenvalue weighted by Crippen LogP contribution is 2.19. The first-order valence-corrected chi connectivity index (χ1v) is 10.6. The predicted molar refractivity (Wildman–Crippen MR) is 109 cm³/mol. The molecule has 3 aromatic rings. The number of hydrogen-bond acceptors (Lipinski definition) is 8. The van der Waals surface area contributed by atoms with E-state index < -0.39 is 0 Å². The number of nitrogens with zero attached hydrogens (tertiary/aromatic N) is 5. The van der Waals surface area contributed by atoms with Crippen LogP contribution in [0.15, 0.2) is 40.7 Å². The van der Waals surface area contributed by atoms with Gasteiger partial charge in [-0.2, -0.15) is 11.3 Å². The lowest BCUT2D eigenvalue weighted by molar-refractivity contribution is -0.130. The molecule has 1 N–H and O–H groups in total. The monoisotopic (exact) mass is 414 g/mol. The van der Waals surface area contributed by atoms with Crippen LogP contribution in [0.4, 0.5) is 11.1 Å². The van der Waals surface area contributed by atoms with Crippen molar-refractivity contribution in [2.75, 3.05) is 36.4 Å². The van der Waals surface area contributed by atoms with Gasteiger partial charge < -0.3 is 9.80 Å². The molecular weight excluding hydrogens is 396 g/mol. The smallest absolute Gasteiger partial charge is 0.258 e. The molecule has 0 saturated carbocycles. The van der Waals surface area contributed by atoms with Gasteiger partial charge in [0.2, 0.25) is 11.9 Å². The van der Waals surface area contributed by atoms with E-state index in [1.807, 2.05) is 15.7 Å². The number of rotatable bonds is 5. The molecule has 0 spiro atoms. The number of carbonyl (C=O) groups is 2. The van der Waals surface area contributed by atoms with Gasteiger partial charge in [-0.3, -0.25) is 14.9 Å². The Morgan fingerprint density at radius 2 is 1.89 bits per heavy atom. The van der Waals surface area contributed by atoms with Crippen molar-refractivity contribution in [3.05, 3.63) is 51.9 Å². The SMILES string of the molecule is O=C(Nc1nc(CC(=O)N2CCN(c3ncccn3)CC2)cs1)c1ccsc1. The Kier molecular flexibility index (Phi) is 5.58. The minimum absolute atomic E-state index is 0.0367. The lowest BCUT2D eigenvalue weighted by Crippen LogP contribution is -2.49. The van der Waals surface area contributed by atoms with Crippen LogP contribution in [0, 0.1) is 0 Å². The van der Waals surface area contributed by atoms with Crippen LogP contribution < -0.4 is 10.2 Å². The third-order valence-electron chi connectivity index (χ3n) is 4.36. The van der Waals surface area contributed by atoms with Gasteiger partial charge >= 0.3 is 0 Å². The fourth-order valence-electron chi connectivity index (χ4n) is 2.89. The van der Waals surface area contributed by atoms with E-state index in [0.717, 1.165) is 0 Å². The molecule has 0 aromatic carbocycles. The normalized spacial score (nSPS) is 14.1. The average molecular weight is 415 g/mol. The lowest BCUT2D eigenvalue weighted by atomic mass is 10.2. The van der Waals surface area contributed by atoms with E-state index in [-0.39, 0.29) is 18.2 Å². The highest BCUT2D eigenvalue weighted by atomic mass is 32.1. The third-order valence-corrected chi connectivity index (χ3v) is 5.85. The number of thiazole rings is 1. The van der Waals surface area contributed by atoms with Crippen LogP contribution in [0.1, 0.15) is 16.1 Å². The van der Waals surface area contributed by atoms with Crippen molar-refractivity contribution < 1.29 is 9.59 Å². The zero-order valence-corrected chi connectivity index (χ0v) is 16.6. The van der Waals surface area contributed by atoms with E-state index in [1.54, 1.807) is 29.9 Å². The van der Waals surface area contributed by atoms with Gasteiger partial charge in [0.1, 0.15) is 0 Å². The summed E-state index contributed by atoms with van der Waals surface area (Å²) in [7, 11) is 0. The zero-order chi connectivity index (χ0) is 19.3. The molecule has 4 heterocycles. The van der Waals surface area contributed by atoms with Gasteiger partial charge in [-0.25, -0.2) is 15.0 Å². The average Bonchev–Trinajstić information content (AvgIpc) is 3.41. The van der Waals surface area contributed by atoms with E-state index >= 15 is 0 Å². The van der Waals surface area contributed by atoms with E-state index in [0.29, 0.717) is 48.5 Å². The van der Waals surface area contributed by atoms with Gasteiger partial charge in [-0.1, -0.05) is 0 Å². The number of amides is 2.